The maximum atomic E-state index is 12.9. The van der Waals surface area contributed by atoms with Crippen molar-refractivity contribution in [3.8, 4) is 6.07 Å². The Morgan fingerprint density at radius 1 is 1.07 bits per heavy atom. The van der Waals surface area contributed by atoms with Crippen molar-refractivity contribution in [3.63, 3.8) is 0 Å². The van der Waals surface area contributed by atoms with Crippen LogP contribution in [0.25, 0.3) is 0 Å². The van der Waals surface area contributed by atoms with Gasteiger partial charge in [0.2, 0.25) is 0 Å². The van der Waals surface area contributed by atoms with Gasteiger partial charge in [-0.3, -0.25) is 9.78 Å². The molecule has 0 radical (unpaired) electrons. The predicted molar refractivity (Wildman–Crippen MR) is 106 cm³/mol. The molecule has 5 nitrogen and oxygen atoms in total. The molecule has 0 atom stereocenters. The molecule has 0 unspecified atom stereocenters. The molecule has 3 rings (SSSR count). The summed E-state index contributed by atoms with van der Waals surface area (Å²) in [6.07, 6.45) is 1.61. The zero-order valence-corrected chi connectivity index (χ0v) is 15.1. The monoisotopic (exact) mass is 356 g/mol. The highest BCUT2D eigenvalue weighted by Gasteiger charge is 2.16. The van der Waals surface area contributed by atoms with Gasteiger partial charge in [-0.25, -0.2) is 0 Å². The molecule has 134 valence electrons. The molecule has 1 heterocycles. The smallest absolute Gasteiger partial charge is 0.272 e. The highest BCUT2D eigenvalue weighted by atomic mass is 16.2. The average molecular weight is 356 g/mol. The lowest BCUT2D eigenvalue weighted by molar-refractivity contribution is 0.0746. The van der Waals surface area contributed by atoms with Crippen LogP contribution < -0.4 is 5.32 Å². The van der Waals surface area contributed by atoms with Gasteiger partial charge in [0.05, 0.1) is 11.6 Å². The van der Waals surface area contributed by atoms with Gasteiger partial charge in [-0.15, -0.1) is 0 Å². The maximum Gasteiger partial charge on any atom is 0.272 e. The van der Waals surface area contributed by atoms with E-state index >= 15 is 0 Å². The van der Waals surface area contributed by atoms with E-state index in [0.717, 1.165) is 16.9 Å². The van der Waals surface area contributed by atoms with E-state index in [9.17, 15) is 4.79 Å². The number of nitriles is 1. The van der Waals surface area contributed by atoms with Gasteiger partial charge in [0.15, 0.2) is 0 Å². The number of nitrogens with one attached hydrogen (secondary N) is 1. The summed E-state index contributed by atoms with van der Waals surface area (Å²) in [7, 11) is 0. The Bertz CT molecular complexity index is 963. The van der Waals surface area contributed by atoms with Crippen LogP contribution in [0.15, 0.2) is 72.9 Å². The first kappa shape index (κ1) is 18.2. The number of nitrogens with zero attached hydrogens (tertiary/aromatic N) is 3. The maximum absolute atomic E-state index is 12.9. The van der Waals surface area contributed by atoms with E-state index in [2.05, 4.69) is 16.4 Å². The van der Waals surface area contributed by atoms with E-state index in [1.165, 1.54) is 0 Å². The van der Waals surface area contributed by atoms with Crippen LogP contribution in [-0.4, -0.2) is 22.3 Å². The van der Waals surface area contributed by atoms with Crippen molar-refractivity contribution in [1.82, 2.24) is 9.88 Å². The van der Waals surface area contributed by atoms with Gasteiger partial charge in [0, 0.05) is 30.7 Å². The van der Waals surface area contributed by atoms with Crippen LogP contribution in [0.1, 0.15) is 28.5 Å². The lowest BCUT2D eigenvalue weighted by Crippen LogP contribution is -2.31. The topological polar surface area (TPSA) is 69.0 Å². The van der Waals surface area contributed by atoms with Crippen LogP contribution in [0, 0.1) is 11.3 Å². The molecule has 0 spiro atoms. The molecule has 0 aliphatic heterocycles. The standard InChI is InChI=1S/C22H20N4O/c1-2-26(16-17-7-4-3-5-8-17)22(27)21-14-20(11-12-24-21)25-19-10-6-9-18(13-19)15-23/h3-14H,2,16H2,1H3,(H,24,25). The highest BCUT2D eigenvalue weighted by Crippen LogP contribution is 2.19. The first-order valence-electron chi connectivity index (χ1n) is 8.76. The summed E-state index contributed by atoms with van der Waals surface area (Å²) >= 11 is 0. The number of carbonyl (C=O) groups excluding carboxylic acids is 1. The van der Waals surface area contributed by atoms with Gasteiger partial charge in [0.25, 0.3) is 5.91 Å². The Labute approximate surface area is 158 Å². The van der Waals surface area contributed by atoms with Gasteiger partial charge >= 0.3 is 0 Å². The molecule has 3 aromatic rings. The van der Waals surface area contributed by atoms with Crippen molar-refractivity contribution >= 4 is 17.3 Å². The summed E-state index contributed by atoms with van der Waals surface area (Å²) < 4.78 is 0. The Morgan fingerprint density at radius 2 is 1.85 bits per heavy atom. The largest absolute Gasteiger partial charge is 0.355 e. The zero-order chi connectivity index (χ0) is 19.1. The van der Waals surface area contributed by atoms with Gasteiger partial charge in [-0.2, -0.15) is 5.26 Å². The van der Waals surface area contributed by atoms with E-state index in [1.807, 2.05) is 49.4 Å². The number of aromatic nitrogens is 1. The van der Waals surface area contributed by atoms with Crippen LogP contribution in [0.5, 0.6) is 0 Å². The minimum absolute atomic E-state index is 0.115. The molecule has 1 aromatic heterocycles. The number of hydrogen-bond acceptors (Lipinski definition) is 4. The molecule has 0 saturated carbocycles. The first-order chi connectivity index (χ1) is 13.2. The molecule has 27 heavy (non-hydrogen) atoms. The van der Waals surface area contributed by atoms with E-state index in [4.69, 9.17) is 5.26 Å². The predicted octanol–water partition coefficient (Wildman–Crippen LogP) is 4.36. The van der Waals surface area contributed by atoms with Crippen LogP contribution in [0.3, 0.4) is 0 Å². The van der Waals surface area contributed by atoms with Crippen LogP contribution >= 0.6 is 0 Å². The van der Waals surface area contributed by atoms with Crippen molar-refractivity contribution in [2.45, 2.75) is 13.5 Å². The lowest BCUT2D eigenvalue weighted by Gasteiger charge is -2.21. The fourth-order valence-electron chi connectivity index (χ4n) is 2.75. The average Bonchev–Trinajstić information content (AvgIpc) is 2.72. The minimum Gasteiger partial charge on any atom is -0.355 e. The quantitative estimate of drug-likeness (QED) is 0.712. The molecule has 2 aromatic carbocycles. The summed E-state index contributed by atoms with van der Waals surface area (Å²) in [6, 6.07) is 22.7. The third-order valence-corrected chi connectivity index (χ3v) is 4.14. The number of anilines is 2. The second-order valence-electron chi connectivity index (χ2n) is 6.05. The third kappa shape index (κ3) is 4.71. The Morgan fingerprint density at radius 3 is 2.59 bits per heavy atom. The van der Waals surface area contributed by atoms with Crippen molar-refractivity contribution < 1.29 is 4.79 Å². The number of benzene rings is 2. The van der Waals surface area contributed by atoms with Gasteiger partial charge in [0.1, 0.15) is 5.69 Å². The summed E-state index contributed by atoms with van der Waals surface area (Å²) in [6.45, 7) is 3.09. The van der Waals surface area contributed by atoms with E-state index in [-0.39, 0.29) is 5.91 Å². The van der Waals surface area contributed by atoms with Crippen molar-refractivity contribution in [2.24, 2.45) is 0 Å². The number of rotatable bonds is 6. The Balaban J connectivity index is 1.77. The number of pyridine rings is 1. The SMILES string of the molecule is CCN(Cc1ccccc1)C(=O)c1cc(Nc2cccc(C#N)c2)ccn1. The Hall–Kier alpha value is -3.65. The molecule has 0 aliphatic rings. The second-order valence-corrected chi connectivity index (χ2v) is 6.05. The van der Waals surface area contributed by atoms with Gasteiger partial charge < -0.3 is 10.2 Å². The number of carbonyl (C=O) groups is 1. The van der Waals surface area contributed by atoms with Crippen LogP contribution in [-0.2, 0) is 6.54 Å². The first-order valence-corrected chi connectivity index (χ1v) is 8.76. The van der Waals surface area contributed by atoms with Crippen molar-refractivity contribution in [1.29, 1.82) is 5.26 Å². The van der Waals surface area contributed by atoms with E-state index in [0.29, 0.717) is 24.3 Å². The molecule has 0 fully saturated rings. The number of hydrogen-bond donors (Lipinski definition) is 1. The molecule has 5 heteroatoms. The van der Waals surface area contributed by atoms with Crippen molar-refractivity contribution in [2.75, 3.05) is 11.9 Å². The Kier molecular flexibility index (Phi) is 5.80. The minimum atomic E-state index is -0.115. The van der Waals surface area contributed by atoms with Gasteiger partial charge in [-0.05, 0) is 42.8 Å². The van der Waals surface area contributed by atoms with Gasteiger partial charge in [-0.1, -0.05) is 36.4 Å². The second kappa shape index (κ2) is 8.63. The molecule has 0 saturated heterocycles. The van der Waals surface area contributed by atoms with Crippen LogP contribution in [0.4, 0.5) is 11.4 Å². The molecule has 0 aliphatic carbocycles. The normalized spacial score (nSPS) is 10.1. The van der Waals surface area contributed by atoms with E-state index in [1.54, 1.807) is 35.4 Å². The summed E-state index contributed by atoms with van der Waals surface area (Å²) in [5.41, 5.74) is 3.57. The van der Waals surface area contributed by atoms with Crippen LogP contribution in [0.2, 0.25) is 0 Å². The fourth-order valence-corrected chi connectivity index (χ4v) is 2.75. The van der Waals surface area contributed by atoms with Crippen molar-refractivity contribution in [3.05, 3.63) is 89.7 Å². The molecular weight excluding hydrogens is 336 g/mol. The molecular formula is C22H20N4O. The highest BCUT2D eigenvalue weighted by molar-refractivity contribution is 5.93. The third-order valence-electron chi connectivity index (χ3n) is 4.14. The number of amides is 1. The fraction of sp³-hybridized carbons (Fsp3) is 0.136. The summed E-state index contributed by atoms with van der Waals surface area (Å²) in [5, 5.41) is 12.2. The zero-order valence-electron chi connectivity index (χ0n) is 15.1. The lowest BCUT2D eigenvalue weighted by atomic mass is 10.2. The summed E-state index contributed by atoms with van der Waals surface area (Å²) in [5.74, 6) is -0.115. The molecule has 0 bridgehead atoms. The molecule has 1 N–H and O–H groups in total. The molecule has 1 amide bonds. The summed E-state index contributed by atoms with van der Waals surface area (Å²) in [4.78, 5) is 18.9. The van der Waals surface area contributed by atoms with E-state index < -0.39 is 0 Å².